The van der Waals surface area contributed by atoms with Gasteiger partial charge in [0.2, 0.25) is 0 Å². The van der Waals surface area contributed by atoms with Crippen LogP contribution in [0.2, 0.25) is 0 Å². The van der Waals surface area contributed by atoms with Crippen LogP contribution in [-0.4, -0.2) is 96.7 Å². The fourth-order valence-electron chi connectivity index (χ4n) is 14.4. The molecule has 0 aromatic rings. The topological polar surface area (TPSA) is 237 Å². The van der Waals surface area contributed by atoms with E-state index in [2.05, 4.69) is 41.5 Å². The van der Waals surface area contributed by atoms with Gasteiger partial charge in [0.25, 0.3) is 0 Å². The number of ether oxygens (including phenoxy) is 4. The third-order valence-electron chi connectivity index (χ3n) is 22.4. The zero-order valence-corrected chi connectivity index (χ0v) is 75.1. The molecule has 7 atom stereocenters. The molecule has 0 amide bonds. The van der Waals surface area contributed by atoms with Crippen LogP contribution >= 0.6 is 15.6 Å². The Balaban J connectivity index is 5.22. The highest BCUT2D eigenvalue weighted by molar-refractivity contribution is 7.47. The molecule has 660 valence electrons. The number of esters is 4. The van der Waals surface area contributed by atoms with Crippen molar-refractivity contribution in [3.63, 3.8) is 0 Å². The molecule has 0 aliphatic rings. The molecular weight excluding hydrogens is 1440 g/mol. The van der Waals surface area contributed by atoms with Crippen molar-refractivity contribution in [3.05, 3.63) is 0 Å². The number of carbonyl (C=O) groups excluding carboxylic acids is 4. The predicted octanol–water partition coefficient (Wildman–Crippen LogP) is 28.6. The van der Waals surface area contributed by atoms with Crippen molar-refractivity contribution < 1.29 is 80.2 Å². The molecule has 0 aliphatic heterocycles. The van der Waals surface area contributed by atoms with Crippen molar-refractivity contribution in [2.24, 2.45) is 11.8 Å². The second-order valence-electron chi connectivity index (χ2n) is 33.5. The first-order valence-corrected chi connectivity index (χ1v) is 50.6. The number of aliphatic hydroxyl groups excluding tert-OH is 1. The van der Waals surface area contributed by atoms with Gasteiger partial charge in [-0.1, -0.05) is 446 Å². The number of carbonyl (C=O) groups is 4. The first-order chi connectivity index (χ1) is 53.9. The Morgan fingerprint density at radius 3 is 0.640 bits per heavy atom. The molecular formula is C92H180O17P2. The van der Waals surface area contributed by atoms with E-state index in [1.165, 1.54) is 308 Å². The number of aliphatic hydroxyl groups is 1. The SMILES string of the molecule is CCCCCCCCCCCCCCCCCCCCCCC(=O)OC[C@H](COP(=O)(O)OC[C@@H](O)COP(=O)(O)OC[C@@H](COC(=O)CCCCCCCCC(C)CC)OC(=O)CCCCCCCCCCCCCCCCCCCCC)OC(=O)CCCCCCCCCCCCCCCCCCCCC(C)CC. The van der Waals surface area contributed by atoms with Gasteiger partial charge in [-0.3, -0.25) is 37.3 Å². The van der Waals surface area contributed by atoms with Crippen LogP contribution < -0.4 is 0 Å². The van der Waals surface area contributed by atoms with E-state index in [4.69, 9.17) is 37.0 Å². The Labute approximate surface area is 683 Å². The van der Waals surface area contributed by atoms with Crippen LogP contribution in [0.4, 0.5) is 0 Å². The minimum absolute atomic E-state index is 0.108. The van der Waals surface area contributed by atoms with Crippen LogP contribution in [0.3, 0.4) is 0 Å². The first kappa shape index (κ1) is 109. The average molecular weight is 1620 g/mol. The summed E-state index contributed by atoms with van der Waals surface area (Å²) < 4.78 is 69.1. The van der Waals surface area contributed by atoms with E-state index in [-0.39, 0.29) is 25.7 Å². The lowest BCUT2D eigenvalue weighted by molar-refractivity contribution is -0.161. The molecule has 0 saturated carbocycles. The van der Waals surface area contributed by atoms with E-state index >= 15 is 0 Å². The van der Waals surface area contributed by atoms with Crippen molar-refractivity contribution in [1.29, 1.82) is 0 Å². The maximum absolute atomic E-state index is 13.2. The molecule has 4 unspecified atom stereocenters. The molecule has 111 heavy (non-hydrogen) atoms. The van der Waals surface area contributed by atoms with Crippen molar-refractivity contribution in [3.8, 4) is 0 Å². The van der Waals surface area contributed by atoms with E-state index in [0.717, 1.165) is 108 Å². The molecule has 0 fully saturated rings. The largest absolute Gasteiger partial charge is 0.472 e. The van der Waals surface area contributed by atoms with Gasteiger partial charge in [-0.15, -0.1) is 0 Å². The Kier molecular flexibility index (Phi) is 81.7. The molecule has 0 aliphatic carbocycles. The smallest absolute Gasteiger partial charge is 0.462 e. The third-order valence-corrected chi connectivity index (χ3v) is 24.3. The highest BCUT2D eigenvalue weighted by Crippen LogP contribution is 2.45. The fourth-order valence-corrected chi connectivity index (χ4v) is 16.0. The first-order valence-electron chi connectivity index (χ1n) is 47.6. The number of phosphoric acid groups is 2. The number of unbranched alkanes of at least 4 members (excludes halogenated alkanes) is 59. The van der Waals surface area contributed by atoms with Gasteiger partial charge in [-0.25, -0.2) is 9.13 Å². The second kappa shape index (κ2) is 83.1. The van der Waals surface area contributed by atoms with Gasteiger partial charge in [0.1, 0.15) is 19.3 Å². The second-order valence-corrected chi connectivity index (χ2v) is 36.4. The number of rotatable bonds is 91. The lowest BCUT2D eigenvalue weighted by atomic mass is 9.99. The minimum atomic E-state index is -4.97. The molecule has 17 nitrogen and oxygen atoms in total. The highest BCUT2D eigenvalue weighted by Gasteiger charge is 2.31. The van der Waals surface area contributed by atoms with Gasteiger partial charge in [0, 0.05) is 25.7 Å². The molecule has 0 radical (unpaired) electrons. The fraction of sp³-hybridized carbons (Fsp3) is 0.957. The quantitative estimate of drug-likeness (QED) is 0.0222. The molecule has 0 rings (SSSR count). The van der Waals surface area contributed by atoms with E-state index in [9.17, 15) is 43.2 Å². The van der Waals surface area contributed by atoms with Crippen LogP contribution in [0.25, 0.3) is 0 Å². The van der Waals surface area contributed by atoms with E-state index in [1.807, 2.05) is 0 Å². The number of hydrogen-bond acceptors (Lipinski definition) is 15. The van der Waals surface area contributed by atoms with Gasteiger partial charge >= 0.3 is 39.5 Å². The summed E-state index contributed by atoms with van der Waals surface area (Å²) in [5, 5.41) is 10.7. The number of hydrogen-bond donors (Lipinski definition) is 3. The predicted molar refractivity (Wildman–Crippen MR) is 460 cm³/mol. The average Bonchev–Trinajstić information content (AvgIpc) is 0.897. The standard InChI is InChI=1S/C92H180O17P2/c1-7-11-13-15-17-19-21-23-25-27-29-31-35-39-43-47-51-55-62-68-74-89(94)102-80-87(108-91(96)76-70-64-57-53-49-45-41-37-33-32-34-38-42-46-50-54-60-66-72-84(5)9-3)82-106-110(98,99)104-78-86(93)79-105-111(100,101)107-83-88(81-103-90(95)75-69-63-59-58-61-67-73-85(6)10-4)109-92(97)77-71-65-56-52-48-44-40-36-30-28-26-24-22-20-18-16-14-12-8-2/h84-88,93H,7-83H2,1-6H3,(H,98,99)(H,100,101)/t84?,85?,86-,87-,88-/m1/s1. The van der Waals surface area contributed by atoms with Crippen molar-refractivity contribution in [2.75, 3.05) is 39.6 Å². The van der Waals surface area contributed by atoms with Crippen LogP contribution in [0, 0.1) is 11.8 Å². The Morgan fingerprint density at radius 1 is 0.252 bits per heavy atom. The van der Waals surface area contributed by atoms with E-state index in [1.54, 1.807) is 0 Å². The molecule has 0 aromatic heterocycles. The Hall–Kier alpha value is -1.94. The monoisotopic (exact) mass is 1620 g/mol. The summed E-state index contributed by atoms with van der Waals surface area (Å²) in [7, 11) is -9.94. The van der Waals surface area contributed by atoms with Crippen LogP contribution in [-0.2, 0) is 65.4 Å². The van der Waals surface area contributed by atoms with Crippen LogP contribution in [0.15, 0.2) is 0 Å². The summed E-state index contributed by atoms with van der Waals surface area (Å²) in [5.74, 6) is -0.495. The van der Waals surface area contributed by atoms with E-state index in [0.29, 0.717) is 25.7 Å². The van der Waals surface area contributed by atoms with Gasteiger partial charge in [-0.2, -0.15) is 0 Å². The molecule has 0 spiro atoms. The summed E-state index contributed by atoms with van der Waals surface area (Å²) in [6.45, 7) is 9.74. The third kappa shape index (κ3) is 82.9. The van der Waals surface area contributed by atoms with Crippen LogP contribution in [0.5, 0.6) is 0 Å². The van der Waals surface area contributed by atoms with Gasteiger partial charge < -0.3 is 33.8 Å². The molecule has 0 saturated heterocycles. The molecule has 3 N–H and O–H groups in total. The Bertz CT molecular complexity index is 2120. The van der Waals surface area contributed by atoms with Crippen LogP contribution in [0.1, 0.15) is 497 Å². The minimum Gasteiger partial charge on any atom is -0.462 e. The van der Waals surface area contributed by atoms with Crippen molar-refractivity contribution in [2.45, 2.75) is 516 Å². The normalized spacial score (nSPS) is 14.2. The maximum Gasteiger partial charge on any atom is 0.472 e. The summed E-state index contributed by atoms with van der Waals surface area (Å²) in [6.07, 6.45) is 78.0. The molecule has 0 heterocycles. The van der Waals surface area contributed by atoms with Crippen molar-refractivity contribution >= 4 is 39.5 Å². The lowest BCUT2D eigenvalue weighted by Crippen LogP contribution is -2.30. The van der Waals surface area contributed by atoms with Gasteiger partial charge in [-0.05, 0) is 37.5 Å². The van der Waals surface area contributed by atoms with Crippen molar-refractivity contribution in [1.82, 2.24) is 0 Å². The summed E-state index contributed by atoms with van der Waals surface area (Å²) in [6, 6.07) is 0. The molecule has 19 heteroatoms. The highest BCUT2D eigenvalue weighted by atomic mass is 31.2. The zero-order valence-electron chi connectivity index (χ0n) is 73.3. The van der Waals surface area contributed by atoms with E-state index < -0.39 is 97.5 Å². The summed E-state index contributed by atoms with van der Waals surface area (Å²) >= 11 is 0. The summed E-state index contributed by atoms with van der Waals surface area (Å²) in [5.41, 5.74) is 0. The Morgan fingerprint density at radius 2 is 0.432 bits per heavy atom. The summed E-state index contributed by atoms with van der Waals surface area (Å²) in [4.78, 5) is 73.4. The number of phosphoric ester groups is 2. The van der Waals surface area contributed by atoms with Gasteiger partial charge in [0.05, 0.1) is 26.4 Å². The lowest BCUT2D eigenvalue weighted by Gasteiger charge is -2.21. The molecule has 0 bridgehead atoms. The van der Waals surface area contributed by atoms with Gasteiger partial charge in [0.15, 0.2) is 12.2 Å². The maximum atomic E-state index is 13.2. The zero-order chi connectivity index (χ0) is 81.3. The molecule has 0 aromatic carbocycles.